The number of rotatable bonds is 4. The summed E-state index contributed by atoms with van der Waals surface area (Å²) in [5.41, 5.74) is 7.44. The number of nitrogens with two attached hydrogens (primary N) is 1. The lowest BCUT2D eigenvalue weighted by Gasteiger charge is -2.06. The number of thioether (sulfide) groups is 1. The van der Waals surface area contributed by atoms with E-state index < -0.39 is 0 Å². The molecule has 0 bridgehead atoms. The van der Waals surface area contributed by atoms with E-state index in [1.807, 2.05) is 31.4 Å². The Morgan fingerprint density at radius 1 is 1.33 bits per heavy atom. The Labute approximate surface area is 118 Å². The van der Waals surface area contributed by atoms with E-state index in [1.165, 1.54) is 11.8 Å². The van der Waals surface area contributed by atoms with Crippen LogP contribution in [0.25, 0.3) is 0 Å². The molecule has 0 spiro atoms. The molecule has 3 N–H and O–H groups in total. The van der Waals surface area contributed by atoms with Crippen LogP contribution >= 0.6 is 34.9 Å². The van der Waals surface area contributed by atoms with Crippen LogP contribution in [0.5, 0.6) is 0 Å². The molecule has 18 heavy (non-hydrogen) atoms. The number of nitrogen functional groups attached to an aromatic ring is 1. The summed E-state index contributed by atoms with van der Waals surface area (Å²) >= 11 is 4.62. The van der Waals surface area contributed by atoms with Crippen LogP contribution in [-0.4, -0.2) is 22.3 Å². The number of aromatic nitrogens is 2. The van der Waals surface area contributed by atoms with Gasteiger partial charge in [0.25, 0.3) is 0 Å². The first-order chi connectivity index (χ1) is 8.60. The van der Waals surface area contributed by atoms with Crippen LogP contribution in [0.2, 0.25) is 0 Å². The topological polar surface area (TPSA) is 75.7 Å². The van der Waals surface area contributed by atoms with Crippen molar-refractivity contribution in [3.05, 3.63) is 29.3 Å². The van der Waals surface area contributed by atoms with E-state index in [4.69, 9.17) is 11.1 Å². The van der Waals surface area contributed by atoms with Crippen molar-refractivity contribution in [3.8, 4) is 0 Å². The number of nitrogens with one attached hydrogen (secondary N) is 1. The Balaban J connectivity index is 2.30. The van der Waals surface area contributed by atoms with Crippen LogP contribution in [-0.2, 0) is 0 Å². The van der Waals surface area contributed by atoms with Gasteiger partial charge in [0.15, 0.2) is 8.68 Å². The molecule has 0 aliphatic heterocycles. The number of nitrogens with zero attached hydrogens (tertiary/aromatic N) is 2. The number of aryl methyl sites for hydroxylation is 1. The highest BCUT2D eigenvalue weighted by atomic mass is 32.2. The first kappa shape index (κ1) is 13.4. The molecule has 0 atom stereocenters. The Bertz CT molecular complexity index is 579. The molecular weight excluding hydrogens is 284 g/mol. The average Bonchev–Trinajstić information content (AvgIpc) is 2.79. The monoisotopic (exact) mass is 296 g/mol. The number of benzene rings is 1. The van der Waals surface area contributed by atoms with Crippen molar-refractivity contribution in [2.75, 3.05) is 6.26 Å². The maximum absolute atomic E-state index is 7.61. The summed E-state index contributed by atoms with van der Waals surface area (Å²) in [6, 6.07) is 5.89. The van der Waals surface area contributed by atoms with E-state index >= 15 is 0 Å². The molecule has 2 aromatic rings. The summed E-state index contributed by atoms with van der Waals surface area (Å²) < 4.78 is 1.81. The van der Waals surface area contributed by atoms with Gasteiger partial charge in [-0.25, -0.2) is 0 Å². The average molecular weight is 296 g/mol. The summed E-state index contributed by atoms with van der Waals surface area (Å²) in [4.78, 5) is 0.942. The van der Waals surface area contributed by atoms with Crippen molar-refractivity contribution >= 4 is 40.7 Å². The molecule has 0 aliphatic carbocycles. The molecule has 0 saturated carbocycles. The molecule has 1 aromatic carbocycles. The van der Waals surface area contributed by atoms with Crippen LogP contribution in [0.1, 0.15) is 11.1 Å². The van der Waals surface area contributed by atoms with Crippen LogP contribution in [0, 0.1) is 12.3 Å². The second kappa shape index (κ2) is 5.73. The van der Waals surface area contributed by atoms with Crippen molar-refractivity contribution in [1.82, 2.24) is 10.2 Å². The van der Waals surface area contributed by atoms with Gasteiger partial charge in [0, 0.05) is 10.5 Å². The third-order valence-corrected chi connectivity index (χ3v) is 5.21. The fourth-order valence-electron chi connectivity index (χ4n) is 1.36. The van der Waals surface area contributed by atoms with E-state index in [9.17, 15) is 0 Å². The zero-order chi connectivity index (χ0) is 13.1. The van der Waals surface area contributed by atoms with Gasteiger partial charge in [-0.2, -0.15) is 0 Å². The zero-order valence-electron chi connectivity index (χ0n) is 9.93. The molecule has 94 valence electrons. The molecule has 7 heteroatoms. The molecule has 0 radical (unpaired) electrons. The fourth-order valence-corrected chi connectivity index (χ4v) is 3.88. The number of hydrogen-bond donors (Lipinski definition) is 2. The highest BCUT2D eigenvalue weighted by Crippen LogP contribution is 2.34. The van der Waals surface area contributed by atoms with Gasteiger partial charge in [0.2, 0.25) is 0 Å². The van der Waals surface area contributed by atoms with Crippen LogP contribution in [0.15, 0.2) is 31.8 Å². The van der Waals surface area contributed by atoms with Gasteiger partial charge >= 0.3 is 0 Å². The van der Waals surface area contributed by atoms with Crippen molar-refractivity contribution in [2.45, 2.75) is 20.5 Å². The molecule has 4 nitrogen and oxygen atoms in total. The van der Waals surface area contributed by atoms with Gasteiger partial charge in [0.05, 0.1) is 0 Å². The lowest BCUT2D eigenvalue weighted by molar-refractivity contribution is 0.955. The third kappa shape index (κ3) is 3.04. The molecule has 0 aliphatic rings. The Hall–Kier alpha value is -1.05. The molecule has 0 fully saturated rings. The minimum absolute atomic E-state index is 0.0794. The summed E-state index contributed by atoms with van der Waals surface area (Å²) in [5, 5.41) is 15.8. The van der Waals surface area contributed by atoms with Crippen LogP contribution in [0.4, 0.5) is 0 Å². The van der Waals surface area contributed by atoms with Gasteiger partial charge in [-0.1, -0.05) is 46.5 Å². The van der Waals surface area contributed by atoms with Gasteiger partial charge in [-0.15, -0.1) is 10.2 Å². The molecule has 0 amide bonds. The Morgan fingerprint density at radius 3 is 2.67 bits per heavy atom. The lowest BCUT2D eigenvalue weighted by Crippen LogP contribution is -2.12. The fraction of sp³-hybridized carbons (Fsp3) is 0.182. The smallest absolute Gasteiger partial charge is 0.179 e. The van der Waals surface area contributed by atoms with Gasteiger partial charge < -0.3 is 5.73 Å². The first-order valence-electron chi connectivity index (χ1n) is 5.10. The van der Waals surface area contributed by atoms with Gasteiger partial charge in [-0.05, 0) is 25.3 Å². The summed E-state index contributed by atoms with van der Waals surface area (Å²) in [6.45, 7) is 1.98. The third-order valence-electron chi connectivity index (χ3n) is 2.19. The van der Waals surface area contributed by atoms with E-state index in [2.05, 4.69) is 10.2 Å². The van der Waals surface area contributed by atoms with E-state index in [-0.39, 0.29) is 5.84 Å². The minimum atomic E-state index is 0.0794. The summed E-state index contributed by atoms with van der Waals surface area (Å²) in [6.07, 6.45) is 1.97. The standard InChI is InChI=1S/C11H12N4S3/c1-6-3-4-8(7(5-6)9(12)13)17-11-15-14-10(16-2)18-11/h3-5H,1-2H3,(H3,12,13). The molecule has 1 heterocycles. The molecule has 1 aromatic heterocycles. The Kier molecular flexibility index (Phi) is 4.26. The maximum atomic E-state index is 7.61. The second-order valence-corrected chi connectivity index (χ2v) is 6.87. The quantitative estimate of drug-likeness (QED) is 0.515. The molecule has 2 rings (SSSR count). The minimum Gasteiger partial charge on any atom is -0.384 e. The Morgan fingerprint density at radius 2 is 2.06 bits per heavy atom. The van der Waals surface area contributed by atoms with E-state index in [1.54, 1.807) is 23.1 Å². The van der Waals surface area contributed by atoms with E-state index in [0.29, 0.717) is 0 Å². The first-order valence-corrected chi connectivity index (χ1v) is 7.96. The highest BCUT2D eigenvalue weighted by molar-refractivity contribution is 8.03. The number of amidine groups is 1. The molecule has 0 saturated heterocycles. The zero-order valence-corrected chi connectivity index (χ0v) is 12.4. The predicted molar refractivity (Wildman–Crippen MR) is 78.0 cm³/mol. The summed E-state index contributed by atoms with van der Waals surface area (Å²) in [7, 11) is 0. The highest BCUT2D eigenvalue weighted by Gasteiger charge is 2.10. The molecule has 0 unspecified atom stereocenters. The van der Waals surface area contributed by atoms with Gasteiger partial charge in [-0.3, -0.25) is 5.41 Å². The maximum Gasteiger partial charge on any atom is 0.179 e. The largest absolute Gasteiger partial charge is 0.384 e. The predicted octanol–water partition coefficient (Wildman–Crippen LogP) is 3.00. The van der Waals surface area contributed by atoms with Crippen LogP contribution < -0.4 is 5.73 Å². The summed E-state index contributed by atoms with van der Waals surface area (Å²) in [5.74, 6) is 0.0794. The normalized spacial score (nSPS) is 10.6. The van der Waals surface area contributed by atoms with Crippen molar-refractivity contribution < 1.29 is 0 Å². The molecular formula is C11H12N4S3. The SMILES string of the molecule is CSc1nnc(Sc2ccc(C)cc2C(=N)N)s1. The number of hydrogen-bond acceptors (Lipinski definition) is 6. The van der Waals surface area contributed by atoms with E-state index in [0.717, 1.165) is 24.7 Å². The van der Waals surface area contributed by atoms with Gasteiger partial charge in [0.1, 0.15) is 5.84 Å². The lowest BCUT2D eigenvalue weighted by atomic mass is 10.1. The van der Waals surface area contributed by atoms with Crippen molar-refractivity contribution in [2.24, 2.45) is 5.73 Å². The van der Waals surface area contributed by atoms with Crippen molar-refractivity contribution in [3.63, 3.8) is 0 Å². The van der Waals surface area contributed by atoms with Crippen LogP contribution in [0.3, 0.4) is 0 Å². The van der Waals surface area contributed by atoms with Crippen molar-refractivity contribution in [1.29, 1.82) is 5.41 Å². The second-order valence-electron chi connectivity index (χ2n) is 3.55.